The molecule has 1 atom stereocenters. The summed E-state index contributed by atoms with van der Waals surface area (Å²) in [6.07, 6.45) is -0.969. The number of hydrogen-bond donors (Lipinski definition) is 2. The standard InChI is InChI=1S/C20H19NO5S/c22-18(17-7-3-5-14-4-1-2-6-16(14)17)13-21-27(23,24)15-8-9-19-20(12-15)26-11-10-25-19/h1-9,12,18,21-22H,10-11,13H2/t18-/m1/s1. The van der Waals surface area contributed by atoms with Gasteiger partial charge in [0.2, 0.25) is 10.0 Å². The first kappa shape index (κ1) is 17.8. The van der Waals surface area contributed by atoms with Crippen LogP contribution in [0.25, 0.3) is 10.8 Å². The fourth-order valence-corrected chi connectivity index (χ4v) is 4.17. The van der Waals surface area contributed by atoms with E-state index in [0.29, 0.717) is 30.3 Å². The van der Waals surface area contributed by atoms with E-state index in [0.717, 1.165) is 10.8 Å². The van der Waals surface area contributed by atoms with Crippen molar-refractivity contribution in [1.29, 1.82) is 0 Å². The summed E-state index contributed by atoms with van der Waals surface area (Å²) in [5.74, 6) is 0.926. The molecule has 3 aromatic rings. The van der Waals surface area contributed by atoms with Crippen LogP contribution in [0.15, 0.2) is 65.6 Å². The molecule has 1 heterocycles. The van der Waals surface area contributed by atoms with Crippen LogP contribution in [0.2, 0.25) is 0 Å². The van der Waals surface area contributed by atoms with E-state index >= 15 is 0 Å². The molecule has 0 saturated heterocycles. The van der Waals surface area contributed by atoms with Crippen molar-refractivity contribution >= 4 is 20.8 Å². The van der Waals surface area contributed by atoms with Gasteiger partial charge in [-0.2, -0.15) is 0 Å². The molecule has 0 amide bonds. The Hall–Kier alpha value is -2.61. The molecule has 0 aromatic heterocycles. The summed E-state index contributed by atoms with van der Waals surface area (Å²) in [6, 6.07) is 17.7. The van der Waals surface area contributed by atoms with Crippen LogP contribution in [0, 0.1) is 0 Å². The highest BCUT2D eigenvalue weighted by molar-refractivity contribution is 7.89. The van der Waals surface area contributed by atoms with Crippen LogP contribution in [-0.2, 0) is 10.0 Å². The van der Waals surface area contributed by atoms with Crippen LogP contribution in [0.3, 0.4) is 0 Å². The number of aliphatic hydroxyl groups excluding tert-OH is 1. The van der Waals surface area contributed by atoms with E-state index in [2.05, 4.69) is 4.72 Å². The minimum absolute atomic E-state index is 0.0665. The topological polar surface area (TPSA) is 84.9 Å². The molecule has 140 valence electrons. The Morgan fingerprint density at radius 3 is 2.56 bits per heavy atom. The smallest absolute Gasteiger partial charge is 0.240 e. The Morgan fingerprint density at radius 1 is 0.963 bits per heavy atom. The summed E-state index contributed by atoms with van der Waals surface area (Å²) in [4.78, 5) is 0.0665. The van der Waals surface area contributed by atoms with Gasteiger partial charge in [0, 0.05) is 12.6 Å². The molecule has 7 heteroatoms. The minimum atomic E-state index is -3.80. The first-order valence-corrected chi connectivity index (χ1v) is 10.1. The van der Waals surface area contributed by atoms with E-state index < -0.39 is 16.1 Å². The number of sulfonamides is 1. The van der Waals surface area contributed by atoms with Gasteiger partial charge < -0.3 is 14.6 Å². The van der Waals surface area contributed by atoms with Crippen LogP contribution in [0.4, 0.5) is 0 Å². The van der Waals surface area contributed by atoms with Crippen molar-refractivity contribution in [1.82, 2.24) is 4.72 Å². The van der Waals surface area contributed by atoms with Gasteiger partial charge in [-0.25, -0.2) is 13.1 Å². The van der Waals surface area contributed by atoms with Gasteiger partial charge in [-0.15, -0.1) is 0 Å². The lowest BCUT2D eigenvalue weighted by Crippen LogP contribution is -2.28. The fourth-order valence-electron chi connectivity index (χ4n) is 3.11. The zero-order chi connectivity index (χ0) is 18.9. The number of ether oxygens (including phenoxy) is 2. The lowest BCUT2D eigenvalue weighted by molar-refractivity contribution is 0.171. The Bertz CT molecular complexity index is 1080. The fraction of sp³-hybridized carbons (Fsp3) is 0.200. The van der Waals surface area contributed by atoms with Crippen LogP contribution in [0.1, 0.15) is 11.7 Å². The zero-order valence-electron chi connectivity index (χ0n) is 14.5. The van der Waals surface area contributed by atoms with Crippen molar-refractivity contribution < 1.29 is 23.0 Å². The molecular weight excluding hydrogens is 366 g/mol. The van der Waals surface area contributed by atoms with E-state index in [1.165, 1.54) is 12.1 Å². The third-order valence-electron chi connectivity index (χ3n) is 4.47. The molecule has 0 fully saturated rings. The van der Waals surface area contributed by atoms with Gasteiger partial charge in [-0.1, -0.05) is 42.5 Å². The van der Waals surface area contributed by atoms with Crippen molar-refractivity contribution in [2.45, 2.75) is 11.0 Å². The van der Waals surface area contributed by atoms with E-state index in [4.69, 9.17) is 9.47 Å². The number of nitrogens with one attached hydrogen (secondary N) is 1. The highest BCUT2D eigenvalue weighted by Gasteiger charge is 2.21. The third-order valence-corrected chi connectivity index (χ3v) is 5.89. The molecular formula is C20H19NO5S. The van der Waals surface area contributed by atoms with Gasteiger partial charge in [0.05, 0.1) is 11.0 Å². The van der Waals surface area contributed by atoms with Gasteiger partial charge in [0.15, 0.2) is 11.5 Å². The molecule has 0 radical (unpaired) electrons. The first-order chi connectivity index (χ1) is 13.0. The van der Waals surface area contributed by atoms with Gasteiger partial charge in [-0.3, -0.25) is 0 Å². The Morgan fingerprint density at radius 2 is 1.70 bits per heavy atom. The number of fused-ring (bicyclic) bond motifs is 2. The number of aliphatic hydroxyl groups is 1. The molecule has 0 spiro atoms. The quantitative estimate of drug-likeness (QED) is 0.705. The molecule has 3 aromatic carbocycles. The van der Waals surface area contributed by atoms with Gasteiger partial charge in [0.25, 0.3) is 0 Å². The molecule has 0 bridgehead atoms. The molecule has 0 unspecified atom stereocenters. The summed E-state index contributed by atoms with van der Waals surface area (Å²) in [5, 5.41) is 12.4. The average molecular weight is 385 g/mol. The van der Waals surface area contributed by atoms with Crippen molar-refractivity contribution in [3.8, 4) is 11.5 Å². The first-order valence-electron chi connectivity index (χ1n) is 8.60. The highest BCUT2D eigenvalue weighted by Crippen LogP contribution is 2.32. The molecule has 4 rings (SSSR count). The van der Waals surface area contributed by atoms with Crippen molar-refractivity contribution in [3.63, 3.8) is 0 Å². The van der Waals surface area contributed by atoms with E-state index in [9.17, 15) is 13.5 Å². The summed E-state index contributed by atoms with van der Waals surface area (Å²) >= 11 is 0. The number of rotatable bonds is 5. The summed E-state index contributed by atoms with van der Waals surface area (Å²) in [5.41, 5.74) is 0.679. The minimum Gasteiger partial charge on any atom is -0.486 e. The van der Waals surface area contributed by atoms with Gasteiger partial charge >= 0.3 is 0 Å². The van der Waals surface area contributed by atoms with E-state index in [-0.39, 0.29) is 11.4 Å². The lowest BCUT2D eigenvalue weighted by Gasteiger charge is -2.19. The number of benzene rings is 3. The second-order valence-corrected chi connectivity index (χ2v) is 8.01. The van der Waals surface area contributed by atoms with E-state index in [1.807, 2.05) is 36.4 Å². The third kappa shape index (κ3) is 3.62. The monoisotopic (exact) mass is 385 g/mol. The Balaban J connectivity index is 1.53. The molecule has 1 aliphatic rings. The molecule has 0 aliphatic carbocycles. The van der Waals surface area contributed by atoms with Crippen LogP contribution in [-0.4, -0.2) is 33.3 Å². The van der Waals surface area contributed by atoms with Crippen LogP contribution in [0.5, 0.6) is 11.5 Å². The normalized spacial score (nSPS) is 14.9. The van der Waals surface area contributed by atoms with Crippen molar-refractivity contribution in [2.75, 3.05) is 19.8 Å². The van der Waals surface area contributed by atoms with Crippen molar-refractivity contribution in [3.05, 3.63) is 66.2 Å². The molecule has 1 aliphatic heterocycles. The zero-order valence-corrected chi connectivity index (χ0v) is 15.3. The SMILES string of the molecule is O=S(=O)(NC[C@@H](O)c1cccc2ccccc12)c1ccc2c(c1)OCCO2. The predicted octanol–water partition coefficient (Wildman–Crippen LogP) is 2.62. The largest absolute Gasteiger partial charge is 0.486 e. The van der Waals surface area contributed by atoms with E-state index in [1.54, 1.807) is 12.1 Å². The summed E-state index contributed by atoms with van der Waals surface area (Å²) in [7, 11) is -3.80. The van der Waals surface area contributed by atoms with Gasteiger partial charge in [0.1, 0.15) is 13.2 Å². The maximum absolute atomic E-state index is 12.6. The van der Waals surface area contributed by atoms with Crippen molar-refractivity contribution in [2.24, 2.45) is 0 Å². The highest BCUT2D eigenvalue weighted by atomic mass is 32.2. The summed E-state index contributed by atoms with van der Waals surface area (Å²) in [6.45, 7) is 0.684. The number of hydrogen-bond acceptors (Lipinski definition) is 5. The lowest BCUT2D eigenvalue weighted by atomic mass is 10.0. The Kier molecular flexibility index (Phi) is 4.73. The molecule has 0 saturated carbocycles. The van der Waals surface area contributed by atoms with Crippen LogP contribution < -0.4 is 14.2 Å². The molecule has 2 N–H and O–H groups in total. The average Bonchev–Trinajstić information content (AvgIpc) is 2.71. The predicted molar refractivity (Wildman–Crippen MR) is 102 cm³/mol. The van der Waals surface area contributed by atoms with Gasteiger partial charge in [-0.05, 0) is 28.5 Å². The second-order valence-electron chi connectivity index (χ2n) is 6.24. The van der Waals surface area contributed by atoms with Crippen LogP contribution >= 0.6 is 0 Å². The molecule has 27 heavy (non-hydrogen) atoms. The second kappa shape index (κ2) is 7.19. The maximum Gasteiger partial charge on any atom is 0.240 e. The summed E-state index contributed by atoms with van der Waals surface area (Å²) < 4.78 is 38.5. The maximum atomic E-state index is 12.6. The Labute approximate surface area is 157 Å². The molecule has 6 nitrogen and oxygen atoms in total.